The van der Waals surface area contributed by atoms with E-state index in [2.05, 4.69) is 22.6 Å². The molecule has 1 N–H and O–H groups in total. The molecule has 0 bridgehead atoms. The van der Waals surface area contributed by atoms with Crippen LogP contribution in [-0.2, 0) is 12.8 Å². The maximum absolute atomic E-state index is 12.1. The van der Waals surface area contributed by atoms with Gasteiger partial charge in [0.15, 0.2) is 0 Å². The van der Waals surface area contributed by atoms with Crippen LogP contribution >= 0.6 is 0 Å². The number of carbonyl (C=O) groups is 1. The predicted octanol–water partition coefficient (Wildman–Crippen LogP) is 2.28. The van der Waals surface area contributed by atoms with Crippen LogP contribution in [0.5, 0.6) is 5.75 Å². The van der Waals surface area contributed by atoms with Gasteiger partial charge in [0.25, 0.3) is 5.91 Å². The summed E-state index contributed by atoms with van der Waals surface area (Å²) in [6.07, 6.45) is 3.19. The Morgan fingerprint density at radius 1 is 1.48 bits per heavy atom. The Hall–Kier alpha value is -2.30. The molecule has 0 fully saturated rings. The molecule has 0 radical (unpaired) electrons. The van der Waals surface area contributed by atoms with E-state index in [0.717, 1.165) is 25.2 Å². The highest BCUT2D eigenvalue weighted by molar-refractivity contribution is 5.94. The van der Waals surface area contributed by atoms with Crippen LogP contribution in [0.15, 0.2) is 28.9 Å². The lowest BCUT2D eigenvalue weighted by atomic mass is 10.0. The van der Waals surface area contributed by atoms with Gasteiger partial charge in [0.1, 0.15) is 17.1 Å². The first-order chi connectivity index (χ1) is 10.1. The zero-order valence-electron chi connectivity index (χ0n) is 12.2. The van der Waals surface area contributed by atoms with Gasteiger partial charge in [-0.3, -0.25) is 4.79 Å². The molecule has 3 rings (SSSR count). The predicted molar refractivity (Wildman–Crippen MR) is 77.5 cm³/mol. The Morgan fingerprint density at radius 2 is 2.33 bits per heavy atom. The molecule has 21 heavy (non-hydrogen) atoms. The highest BCUT2D eigenvalue weighted by Crippen LogP contribution is 2.26. The molecule has 1 aromatic carbocycles. The van der Waals surface area contributed by atoms with Gasteiger partial charge in [-0.05, 0) is 37.5 Å². The molecule has 0 saturated carbocycles. The van der Waals surface area contributed by atoms with Crippen LogP contribution in [0.25, 0.3) is 0 Å². The van der Waals surface area contributed by atoms with Crippen LogP contribution < -0.4 is 10.1 Å². The van der Waals surface area contributed by atoms with Crippen molar-refractivity contribution < 1.29 is 14.1 Å². The molecular formula is C16H18N2O3. The number of ether oxygens (including phenoxy) is 1. The van der Waals surface area contributed by atoms with Crippen molar-refractivity contribution in [3.63, 3.8) is 0 Å². The lowest BCUT2D eigenvalue weighted by molar-refractivity contribution is 0.0938. The third kappa shape index (κ3) is 2.91. The average Bonchev–Trinajstić information content (AvgIpc) is 3.06. The third-order valence-electron chi connectivity index (χ3n) is 3.67. The van der Waals surface area contributed by atoms with Crippen LogP contribution in [-0.4, -0.2) is 23.7 Å². The normalized spacial score (nSPS) is 14.4. The smallest absolute Gasteiger partial charge is 0.256 e. The summed E-state index contributed by atoms with van der Waals surface area (Å²) in [6, 6.07) is 6.26. The van der Waals surface area contributed by atoms with E-state index in [4.69, 9.17) is 9.26 Å². The number of benzene rings is 1. The second kappa shape index (κ2) is 5.60. The van der Waals surface area contributed by atoms with Gasteiger partial charge >= 0.3 is 0 Å². The average molecular weight is 286 g/mol. The fraction of sp³-hybridized carbons (Fsp3) is 0.375. The van der Waals surface area contributed by atoms with E-state index >= 15 is 0 Å². The molecule has 1 atom stereocenters. The molecule has 5 nitrogen and oxygen atoms in total. The molecule has 0 spiro atoms. The maximum atomic E-state index is 12.1. The van der Waals surface area contributed by atoms with Gasteiger partial charge in [-0.25, -0.2) is 0 Å². The molecule has 0 saturated heterocycles. The van der Waals surface area contributed by atoms with Crippen molar-refractivity contribution in [2.75, 3.05) is 6.61 Å². The van der Waals surface area contributed by atoms with Gasteiger partial charge in [-0.2, -0.15) is 0 Å². The number of nitrogens with zero attached hydrogens (tertiary/aromatic N) is 1. The third-order valence-corrected chi connectivity index (χ3v) is 3.67. The molecule has 1 aliphatic heterocycles. The minimum Gasteiger partial charge on any atom is -0.493 e. The highest BCUT2D eigenvalue weighted by Gasteiger charge is 2.17. The second-order valence-corrected chi connectivity index (χ2v) is 5.41. The lowest BCUT2D eigenvalue weighted by Gasteiger charge is -2.14. The molecule has 2 heterocycles. The van der Waals surface area contributed by atoms with E-state index in [1.165, 1.54) is 17.3 Å². The minimum atomic E-state index is -0.147. The summed E-state index contributed by atoms with van der Waals surface area (Å²) in [6.45, 7) is 4.48. The van der Waals surface area contributed by atoms with Crippen molar-refractivity contribution in [3.8, 4) is 5.75 Å². The lowest BCUT2D eigenvalue weighted by Crippen LogP contribution is -2.34. The number of amides is 1. The van der Waals surface area contributed by atoms with Gasteiger partial charge in [-0.1, -0.05) is 17.3 Å². The van der Waals surface area contributed by atoms with E-state index in [9.17, 15) is 4.79 Å². The summed E-state index contributed by atoms with van der Waals surface area (Å²) in [7, 11) is 0. The van der Waals surface area contributed by atoms with Crippen molar-refractivity contribution in [1.29, 1.82) is 0 Å². The molecule has 1 amide bonds. The Balaban J connectivity index is 1.63. The molecule has 0 aliphatic carbocycles. The van der Waals surface area contributed by atoms with Crippen molar-refractivity contribution >= 4 is 5.91 Å². The van der Waals surface area contributed by atoms with Crippen LogP contribution in [0.3, 0.4) is 0 Å². The minimum absolute atomic E-state index is 0.0344. The first-order valence-electron chi connectivity index (χ1n) is 7.10. The molecule has 5 heteroatoms. The first-order valence-corrected chi connectivity index (χ1v) is 7.10. The number of aryl methyl sites for hydroxylation is 1. The zero-order chi connectivity index (χ0) is 14.8. The fourth-order valence-electron chi connectivity index (χ4n) is 2.59. The summed E-state index contributed by atoms with van der Waals surface area (Å²) < 4.78 is 10.4. The van der Waals surface area contributed by atoms with Gasteiger partial charge < -0.3 is 14.6 Å². The van der Waals surface area contributed by atoms with Crippen molar-refractivity contribution in [3.05, 3.63) is 46.8 Å². The molecular weight excluding hydrogens is 268 g/mol. The standard InChI is InChI=1S/C16H18N2O3/c1-10(18-16(19)14-9-17-21-11(14)2)7-12-3-4-15-13(8-12)5-6-20-15/h3-4,8-10H,5-7H2,1-2H3,(H,18,19)/t10-/m1/s1. The zero-order valence-corrected chi connectivity index (χ0v) is 12.2. The summed E-state index contributed by atoms with van der Waals surface area (Å²) >= 11 is 0. The number of carbonyl (C=O) groups excluding carboxylic acids is 1. The van der Waals surface area contributed by atoms with Crippen LogP contribution in [0, 0.1) is 6.92 Å². The van der Waals surface area contributed by atoms with Crippen LogP contribution in [0.1, 0.15) is 34.2 Å². The Morgan fingerprint density at radius 3 is 3.10 bits per heavy atom. The quantitative estimate of drug-likeness (QED) is 0.936. The number of rotatable bonds is 4. The van der Waals surface area contributed by atoms with E-state index in [1.54, 1.807) is 6.92 Å². The van der Waals surface area contributed by atoms with Crippen molar-refractivity contribution in [1.82, 2.24) is 10.5 Å². The van der Waals surface area contributed by atoms with Crippen molar-refractivity contribution in [2.24, 2.45) is 0 Å². The maximum Gasteiger partial charge on any atom is 0.256 e. The van der Waals surface area contributed by atoms with E-state index in [-0.39, 0.29) is 11.9 Å². The SMILES string of the molecule is Cc1oncc1C(=O)N[C@H](C)Cc1ccc2c(c1)CCO2. The van der Waals surface area contributed by atoms with E-state index in [1.807, 2.05) is 13.0 Å². The van der Waals surface area contributed by atoms with Gasteiger partial charge in [0, 0.05) is 12.5 Å². The Labute approximate surface area is 123 Å². The summed E-state index contributed by atoms with van der Waals surface area (Å²) in [5.74, 6) is 1.37. The Bertz CT molecular complexity index is 663. The first kappa shape index (κ1) is 13.7. The molecule has 1 aromatic heterocycles. The summed E-state index contributed by atoms with van der Waals surface area (Å²) in [5, 5.41) is 6.59. The molecule has 0 unspecified atom stereocenters. The van der Waals surface area contributed by atoms with Crippen molar-refractivity contribution in [2.45, 2.75) is 32.7 Å². The van der Waals surface area contributed by atoms with Gasteiger partial charge in [-0.15, -0.1) is 0 Å². The van der Waals surface area contributed by atoms with Gasteiger partial charge in [0.2, 0.25) is 0 Å². The second-order valence-electron chi connectivity index (χ2n) is 5.41. The molecule has 2 aromatic rings. The number of nitrogens with one attached hydrogen (secondary N) is 1. The summed E-state index contributed by atoms with van der Waals surface area (Å²) in [4.78, 5) is 12.1. The number of fused-ring (bicyclic) bond motifs is 1. The fourth-order valence-corrected chi connectivity index (χ4v) is 2.59. The van der Waals surface area contributed by atoms with E-state index in [0.29, 0.717) is 11.3 Å². The number of hydrogen-bond donors (Lipinski definition) is 1. The van der Waals surface area contributed by atoms with Crippen LogP contribution in [0.4, 0.5) is 0 Å². The summed E-state index contributed by atoms with van der Waals surface area (Å²) in [5.41, 5.74) is 2.94. The van der Waals surface area contributed by atoms with Crippen LogP contribution in [0.2, 0.25) is 0 Å². The highest BCUT2D eigenvalue weighted by atomic mass is 16.5. The number of aromatic nitrogens is 1. The van der Waals surface area contributed by atoms with E-state index < -0.39 is 0 Å². The number of hydrogen-bond acceptors (Lipinski definition) is 4. The molecule has 110 valence electrons. The Kier molecular flexibility index (Phi) is 3.64. The molecule has 1 aliphatic rings. The monoisotopic (exact) mass is 286 g/mol. The topological polar surface area (TPSA) is 64.4 Å². The largest absolute Gasteiger partial charge is 0.493 e. The van der Waals surface area contributed by atoms with Gasteiger partial charge in [0.05, 0.1) is 12.8 Å².